The first-order valence-electron chi connectivity index (χ1n) is 6.11. The number of halogens is 1. The molecular formula is C12H19FN2O4S2. The SMILES string of the molecule is CC(CNS(=O)(=O)c1cc(S(C)(=O)=O)ccc1F)N(C)C. The fourth-order valence-corrected chi connectivity index (χ4v) is 3.36. The molecular weight excluding hydrogens is 319 g/mol. The standard InChI is InChI=1S/C12H19FN2O4S2/c1-9(15(2)3)8-14-21(18,19)12-7-10(20(4,16)17)5-6-11(12)13/h5-7,9,14H,8H2,1-4H3. The van der Waals surface area contributed by atoms with Crippen LogP contribution in [0.3, 0.4) is 0 Å². The van der Waals surface area contributed by atoms with E-state index in [1.165, 1.54) is 0 Å². The Labute approximate surface area is 124 Å². The molecule has 0 fully saturated rings. The van der Waals surface area contributed by atoms with Gasteiger partial charge in [-0.1, -0.05) is 0 Å². The highest BCUT2D eigenvalue weighted by Gasteiger charge is 2.22. The number of nitrogens with one attached hydrogen (secondary N) is 1. The molecule has 0 saturated heterocycles. The highest BCUT2D eigenvalue weighted by Crippen LogP contribution is 2.19. The van der Waals surface area contributed by atoms with Gasteiger partial charge in [-0.15, -0.1) is 0 Å². The van der Waals surface area contributed by atoms with E-state index in [1.807, 2.05) is 0 Å². The number of sulfonamides is 1. The number of nitrogens with zero attached hydrogens (tertiary/aromatic N) is 1. The van der Waals surface area contributed by atoms with Crippen molar-refractivity contribution < 1.29 is 21.2 Å². The van der Waals surface area contributed by atoms with Gasteiger partial charge >= 0.3 is 0 Å². The first-order valence-corrected chi connectivity index (χ1v) is 9.48. The number of hydrogen-bond donors (Lipinski definition) is 1. The lowest BCUT2D eigenvalue weighted by Gasteiger charge is -2.20. The topological polar surface area (TPSA) is 83.5 Å². The minimum absolute atomic E-state index is 0.0812. The van der Waals surface area contributed by atoms with Crippen LogP contribution < -0.4 is 4.72 Å². The molecule has 1 atom stereocenters. The van der Waals surface area contributed by atoms with Crippen LogP contribution in [0.1, 0.15) is 6.92 Å². The van der Waals surface area contributed by atoms with Gasteiger partial charge in [-0.2, -0.15) is 0 Å². The maximum absolute atomic E-state index is 13.7. The second kappa shape index (κ2) is 6.39. The van der Waals surface area contributed by atoms with Gasteiger partial charge in [-0.25, -0.2) is 25.9 Å². The van der Waals surface area contributed by atoms with Crippen molar-refractivity contribution in [2.75, 3.05) is 26.9 Å². The molecule has 120 valence electrons. The molecule has 0 spiro atoms. The summed E-state index contributed by atoms with van der Waals surface area (Å²) in [6.45, 7) is 1.88. The van der Waals surface area contributed by atoms with E-state index in [2.05, 4.69) is 4.72 Å². The minimum atomic E-state index is -4.12. The van der Waals surface area contributed by atoms with Gasteiger partial charge in [0, 0.05) is 18.8 Å². The summed E-state index contributed by atoms with van der Waals surface area (Å²) in [4.78, 5) is 0.882. The summed E-state index contributed by atoms with van der Waals surface area (Å²) >= 11 is 0. The molecule has 1 rings (SSSR count). The smallest absolute Gasteiger partial charge is 0.243 e. The number of hydrogen-bond acceptors (Lipinski definition) is 5. The summed E-state index contributed by atoms with van der Waals surface area (Å²) in [7, 11) is -4.17. The quantitative estimate of drug-likeness (QED) is 0.762. The summed E-state index contributed by atoms with van der Waals surface area (Å²) in [6, 6.07) is 2.60. The third-order valence-electron chi connectivity index (χ3n) is 3.07. The van der Waals surface area contributed by atoms with Crippen LogP contribution >= 0.6 is 0 Å². The summed E-state index contributed by atoms with van der Waals surface area (Å²) < 4.78 is 63.0. The van der Waals surface area contributed by atoms with Crippen molar-refractivity contribution in [1.29, 1.82) is 0 Å². The zero-order chi connectivity index (χ0) is 16.4. The molecule has 0 aliphatic heterocycles. The Bertz CT molecular complexity index is 715. The van der Waals surface area contributed by atoms with E-state index in [1.54, 1.807) is 25.9 Å². The largest absolute Gasteiger partial charge is 0.305 e. The Morgan fingerprint density at radius 2 is 1.81 bits per heavy atom. The van der Waals surface area contributed by atoms with Crippen LogP contribution in [0.4, 0.5) is 4.39 Å². The molecule has 1 aromatic rings. The van der Waals surface area contributed by atoms with Gasteiger partial charge in [0.25, 0.3) is 0 Å². The normalized spacial score (nSPS) is 14.4. The highest BCUT2D eigenvalue weighted by molar-refractivity contribution is 7.91. The molecule has 21 heavy (non-hydrogen) atoms. The lowest BCUT2D eigenvalue weighted by molar-refractivity contribution is 0.313. The molecule has 0 amide bonds. The Hall–Kier alpha value is -1.03. The van der Waals surface area contributed by atoms with E-state index in [-0.39, 0.29) is 17.5 Å². The second-order valence-corrected chi connectivity index (χ2v) is 8.78. The number of benzene rings is 1. The van der Waals surface area contributed by atoms with Crippen LogP contribution in [-0.2, 0) is 19.9 Å². The Kier molecular flexibility index (Phi) is 5.48. The maximum atomic E-state index is 13.7. The van der Waals surface area contributed by atoms with E-state index < -0.39 is 30.6 Å². The Morgan fingerprint density at radius 1 is 1.24 bits per heavy atom. The van der Waals surface area contributed by atoms with Crippen molar-refractivity contribution in [3.05, 3.63) is 24.0 Å². The van der Waals surface area contributed by atoms with Crippen LogP contribution in [0.2, 0.25) is 0 Å². The molecule has 0 radical (unpaired) electrons. The Morgan fingerprint density at radius 3 is 2.29 bits per heavy atom. The second-order valence-electron chi connectivity index (χ2n) is 5.03. The lowest BCUT2D eigenvalue weighted by atomic mass is 10.3. The van der Waals surface area contributed by atoms with Crippen LogP contribution in [0, 0.1) is 5.82 Å². The number of rotatable bonds is 6. The number of sulfone groups is 1. The van der Waals surface area contributed by atoms with Crippen molar-refractivity contribution in [2.45, 2.75) is 22.8 Å². The van der Waals surface area contributed by atoms with Gasteiger partial charge < -0.3 is 4.90 Å². The molecule has 0 heterocycles. The molecule has 9 heteroatoms. The summed E-state index contributed by atoms with van der Waals surface area (Å²) in [6.07, 6.45) is 0.929. The van der Waals surface area contributed by atoms with Gasteiger partial charge in [-0.3, -0.25) is 0 Å². The maximum Gasteiger partial charge on any atom is 0.243 e. The van der Waals surface area contributed by atoms with E-state index in [0.717, 1.165) is 24.5 Å². The molecule has 0 bridgehead atoms. The molecule has 6 nitrogen and oxygen atoms in total. The zero-order valence-corrected chi connectivity index (χ0v) is 13.9. The van der Waals surface area contributed by atoms with Crippen molar-refractivity contribution >= 4 is 19.9 Å². The summed E-state index contributed by atoms with van der Waals surface area (Å²) in [5, 5.41) is 0. The van der Waals surface area contributed by atoms with Gasteiger partial charge in [-0.05, 0) is 39.2 Å². The molecule has 1 aromatic carbocycles. The summed E-state index contributed by atoms with van der Waals surface area (Å²) in [5.74, 6) is -0.993. The van der Waals surface area contributed by atoms with E-state index in [4.69, 9.17) is 0 Å². The minimum Gasteiger partial charge on any atom is -0.305 e. The average molecular weight is 338 g/mol. The van der Waals surface area contributed by atoms with E-state index >= 15 is 0 Å². The van der Waals surface area contributed by atoms with Crippen LogP contribution in [0.5, 0.6) is 0 Å². The van der Waals surface area contributed by atoms with Crippen molar-refractivity contribution in [1.82, 2.24) is 9.62 Å². The predicted molar refractivity (Wildman–Crippen MR) is 77.8 cm³/mol. The average Bonchev–Trinajstić information content (AvgIpc) is 2.34. The molecule has 1 N–H and O–H groups in total. The van der Waals surface area contributed by atoms with Crippen molar-refractivity contribution in [2.24, 2.45) is 0 Å². The molecule has 0 aliphatic carbocycles. The monoisotopic (exact) mass is 338 g/mol. The fourth-order valence-electron chi connectivity index (χ4n) is 1.41. The first kappa shape index (κ1) is 18.0. The summed E-state index contributed by atoms with van der Waals surface area (Å²) in [5.41, 5.74) is 0. The van der Waals surface area contributed by atoms with Gasteiger partial charge in [0.2, 0.25) is 10.0 Å². The highest BCUT2D eigenvalue weighted by atomic mass is 32.2. The van der Waals surface area contributed by atoms with Crippen molar-refractivity contribution in [3.8, 4) is 0 Å². The third-order valence-corrected chi connectivity index (χ3v) is 5.62. The zero-order valence-electron chi connectivity index (χ0n) is 12.3. The molecule has 0 aromatic heterocycles. The van der Waals surface area contributed by atoms with Gasteiger partial charge in [0.15, 0.2) is 9.84 Å². The fraction of sp³-hybridized carbons (Fsp3) is 0.500. The predicted octanol–water partition coefficient (Wildman–Crippen LogP) is 0.458. The molecule has 1 unspecified atom stereocenters. The molecule has 0 aliphatic rings. The lowest BCUT2D eigenvalue weighted by Crippen LogP contribution is -2.38. The van der Waals surface area contributed by atoms with Gasteiger partial charge in [0.05, 0.1) is 4.90 Å². The van der Waals surface area contributed by atoms with E-state index in [0.29, 0.717) is 0 Å². The van der Waals surface area contributed by atoms with Crippen LogP contribution in [-0.4, -0.2) is 54.7 Å². The van der Waals surface area contributed by atoms with Crippen LogP contribution in [0.15, 0.2) is 28.0 Å². The first-order chi connectivity index (χ1) is 9.45. The number of likely N-dealkylation sites (N-methyl/N-ethyl adjacent to an activating group) is 1. The van der Waals surface area contributed by atoms with Crippen molar-refractivity contribution in [3.63, 3.8) is 0 Å². The van der Waals surface area contributed by atoms with Crippen LogP contribution in [0.25, 0.3) is 0 Å². The van der Waals surface area contributed by atoms with Gasteiger partial charge in [0.1, 0.15) is 10.7 Å². The molecule has 0 saturated carbocycles. The van der Waals surface area contributed by atoms with E-state index in [9.17, 15) is 21.2 Å². The Balaban J connectivity index is 3.14. The third kappa shape index (κ3) is 4.73.